The molecule has 7 heteroatoms. The number of aryl methyl sites for hydroxylation is 1. The molecule has 0 N–H and O–H groups in total. The fraction of sp³-hybridized carbons (Fsp3) is 0.600. The Labute approximate surface area is 159 Å². The molecule has 2 aromatic rings. The van der Waals surface area contributed by atoms with E-state index in [2.05, 4.69) is 26.9 Å². The molecule has 27 heavy (non-hydrogen) atoms. The van der Waals surface area contributed by atoms with Crippen LogP contribution in [0.2, 0.25) is 0 Å². The zero-order valence-electron chi connectivity index (χ0n) is 16.0. The van der Waals surface area contributed by atoms with Gasteiger partial charge in [-0.2, -0.15) is 4.98 Å². The lowest BCUT2D eigenvalue weighted by molar-refractivity contribution is 0.0379. The smallest absolute Gasteiger partial charge is 0.244 e. The summed E-state index contributed by atoms with van der Waals surface area (Å²) in [5.41, 5.74) is 1.25. The Morgan fingerprint density at radius 2 is 2.07 bits per heavy atom. The first-order valence-corrected chi connectivity index (χ1v) is 9.78. The molecule has 0 saturated carbocycles. The first-order valence-electron chi connectivity index (χ1n) is 9.78. The molecule has 2 fully saturated rings. The van der Waals surface area contributed by atoms with Gasteiger partial charge in [0.2, 0.25) is 11.7 Å². The van der Waals surface area contributed by atoms with Gasteiger partial charge in [-0.1, -0.05) is 17.3 Å². The lowest BCUT2D eigenvalue weighted by Gasteiger charge is -2.37. The summed E-state index contributed by atoms with van der Waals surface area (Å²) < 4.78 is 25.0. The van der Waals surface area contributed by atoms with Crippen molar-refractivity contribution in [2.75, 3.05) is 39.3 Å². The van der Waals surface area contributed by atoms with Crippen molar-refractivity contribution < 1.29 is 13.7 Å². The minimum atomic E-state index is -0.255. The molecule has 2 unspecified atom stereocenters. The fourth-order valence-corrected chi connectivity index (χ4v) is 3.82. The monoisotopic (exact) mass is 374 g/mol. The number of benzene rings is 1. The third kappa shape index (κ3) is 4.20. The van der Waals surface area contributed by atoms with Gasteiger partial charge < -0.3 is 9.26 Å². The number of aromatic nitrogens is 2. The van der Waals surface area contributed by atoms with Crippen LogP contribution in [0.4, 0.5) is 4.39 Å². The Morgan fingerprint density at radius 1 is 1.26 bits per heavy atom. The predicted molar refractivity (Wildman–Crippen MR) is 99.8 cm³/mol. The van der Waals surface area contributed by atoms with Gasteiger partial charge in [0.1, 0.15) is 5.82 Å². The van der Waals surface area contributed by atoms with Crippen molar-refractivity contribution in [3.05, 3.63) is 35.5 Å². The summed E-state index contributed by atoms with van der Waals surface area (Å²) >= 11 is 0. The van der Waals surface area contributed by atoms with Crippen molar-refractivity contribution in [2.24, 2.45) is 0 Å². The molecule has 3 heterocycles. The largest absolute Gasteiger partial charge is 0.377 e. The first-order chi connectivity index (χ1) is 13.1. The maximum Gasteiger partial charge on any atom is 0.244 e. The van der Waals surface area contributed by atoms with Gasteiger partial charge in [-0.15, -0.1) is 0 Å². The highest BCUT2D eigenvalue weighted by Crippen LogP contribution is 2.25. The number of rotatable bonds is 5. The van der Waals surface area contributed by atoms with Crippen LogP contribution >= 0.6 is 0 Å². The molecule has 0 spiro atoms. The van der Waals surface area contributed by atoms with Gasteiger partial charge >= 0.3 is 0 Å². The normalized spacial score (nSPS) is 23.0. The third-order valence-corrected chi connectivity index (χ3v) is 5.67. The Kier molecular flexibility index (Phi) is 5.52. The molecule has 2 saturated heterocycles. The van der Waals surface area contributed by atoms with Gasteiger partial charge in [-0.25, -0.2) is 4.39 Å². The molecule has 1 aromatic heterocycles. The van der Waals surface area contributed by atoms with Crippen LogP contribution in [-0.2, 0) is 4.74 Å². The molecule has 2 atom stereocenters. The van der Waals surface area contributed by atoms with Crippen LogP contribution in [0.5, 0.6) is 0 Å². The van der Waals surface area contributed by atoms with Crippen molar-refractivity contribution in [1.29, 1.82) is 0 Å². The Balaban J connectivity index is 1.35. The van der Waals surface area contributed by atoms with E-state index in [0.717, 1.165) is 39.3 Å². The van der Waals surface area contributed by atoms with Crippen LogP contribution in [-0.4, -0.2) is 65.4 Å². The van der Waals surface area contributed by atoms with Crippen LogP contribution in [0, 0.1) is 12.7 Å². The number of piperazine rings is 1. The van der Waals surface area contributed by atoms with E-state index in [4.69, 9.17) is 9.26 Å². The summed E-state index contributed by atoms with van der Waals surface area (Å²) in [6.07, 6.45) is 2.77. The second-order valence-electron chi connectivity index (χ2n) is 7.57. The van der Waals surface area contributed by atoms with E-state index < -0.39 is 0 Å². The maximum absolute atomic E-state index is 13.8. The quantitative estimate of drug-likeness (QED) is 0.802. The van der Waals surface area contributed by atoms with Gasteiger partial charge in [0.15, 0.2) is 0 Å². The predicted octanol–water partition coefficient (Wildman–Crippen LogP) is 3.04. The molecule has 6 nitrogen and oxygen atoms in total. The summed E-state index contributed by atoms with van der Waals surface area (Å²) in [6.45, 7) is 9.74. The number of ether oxygens (including phenoxy) is 1. The SMILES string of the molecule is Cc1ccc(-c2noc(C(C)N3CCN(CC4CCCO4)CC3)n2)cc1F. The van der Waals surface area contributed by atoms with E-state index in [1.54, 1.807) is 13.0 Å². The topological polar surface area (TPSA) is 54.6 Å². The van der Waals surface area contributed by atoms with Crippen LogP contribution in [0.1, 0.15) is 37.3 Å². The maximum atomic E-state index is 13.8. The zero-order chi connectivity index (χ0) is 18.8. The number of hydrogen-bond donors (Lipinski definition) is 0. The zero-order valence-corrected chi connectivity index (χ0v) is 16.0. The fourth-order valence-electron chi connectivity index (χ4n) is 3.82. The molecule has 0 radical (unpaired) electrons. The molecule has 0 amide bonds. The second kappa shape index (κ2) is 8.04. The Morgan fingerprint density at radius 3 is 2.78 bits per heavy atom. The van der Waals surface area contributed by atoms with Crippen LogP contribution in [0.25, 0.3) is 11.4 Å². The number of hydrogen-bond acceptors (Lipinski definition) is 6. The van der Waals surface area contributed by atoms with Crippen LogP contribution in [0.3, 0.4) is 0 Å². The summed E-state index contributed by atoms with van der Waals surface area (Å²) in [5.74, 6) is 0.764. The van der Waals surface area contributed by atoms with Crippen molar-refractivity contribution in [3.63, 3.8) is 0 Å². The van der Waals surface area contributed by atoms with Gasteiger partial charge in [0.05, 0.1) is 12.1 Å². The molecule has 2 aliphatic heterocycles. The number of nitrogens with zero attached hydrogens (tertiary/aromatic N) is 4. The van der Waals surface area contributed by atoms with Gasteiger partial charge in [0, 0.05) is 44.9 Å². The molecule has 146 valence electrons. The highest BCUT2D eigenvalue weighted by molar-refractivity contribution is 5.54. The van der Waals surface area contributed by atoms with E-state index in [1.165, 1.54) is 18.9 Å². The summed E-state index contributed by atoms with van der Waals surface area (Å²) in [6, 6.07) is 5.06. The van der Waals surface area contributed by atoms with E-state index in [1.807, 2.05) is 6.07 Å². The summed E-state index contributed by atoms with van der Waals surface area (Å²) in [5, 5.41) is 4.05. The highest BCUT2D eigenvalue weighted by Gasteiger charge is 2.28. The van der Waals surface area contributed by atoms with Crippen LogP contribution in [0.15, 0.2) is 22.7 Å². The molecule has 0 aliphatic carbocycles. The standard InChI is InChI=1S/C20H27FN4O2/c1-14-5-6-16(12-18(14)21)19-22-20(27-23-19)15(2)25-9-7-24(8-10-25)13-17-4-3-11-26-17/h5-6,12,15,17H,3-4,7-11,13H2,1-2H3. The van der Waals surface area contributed by atoms with Crippen LogP contribution < -0.4 is 0 Å². The van der Waals surface area contributed by atoms with E-state index in [9.17, 15) is 4.39 Å². The highest BCUT2D eigenvalue weighted by atomic mass is 19.1. The molecule has 2 aliphatic rings. The third-order valence-electron chi connectivity index (χ3n) is 5.67. The second-order valence-corrected chi connectivity index (χ2v) is 7.57. The van der Waals surface area contributed by atoms with Crippen molar-refractivity contribution in [2.45, 2.75) is 38.8 Å². The first kappa shape index (κ1) is 18.5. The van der Waals surface area contributed by atoms with Gasteiger partial charge in [-0.3, -0.25) is 9.80 Å². The minimum absolute atomic E-state index is 0.0476. The summed E-state index contributed by atoms with van der Waals surface area (Å²) in [4.78, 5) is 9.35. The van der Waals surface area contributed by atoms with E-state index in [0.29, 0.717) is 28.9 Å². The molecule has 1 aromatic carbocycles. The van der Waals surface area contributed by atoms with E-state index >= 15 is 0 Å². The summed E-state index contributed by atoms with van der Waals surface area (Å²) in [7, 11) is 0. The van der Waals surface area contributed by atoms with Crippen molar-refractivity contribution in [1.82, 2.24) is 19.9 Å². The lowest BCUT2D eigenvalue weighted by Crippen LogP contribution is -2.49. The van der Waals surface area contributed by atoms with Gasteiger partial charge in [0.25, 0.3) is 0 Å². The van der Waals surface area contributed by atoms with Crippen molar-refractivity contribution >= 4 is 0 Å². The van der Waals surface area contributed by atoms with E-state index in [-0.39, 0.29) is 11.9 Å². The lowest BCUT2D eigenvalue weighted by atomic mass is 10.1. The van der Waals surface area contributed by atoms with Gasteiger partial charge in [-0.05, 0) is 38.3 Å². The Hall–Kier alpha value is -1.83. The molecular formula is C20H27FN4O2. The molecule has 0 bridgehead atoms. The average molecular weight is 374 g/mol. The molecule has 4 rings (SSSR count). The molecular weight excluding hydrogens is 347 g/mol. The average Bonchev–Trinajstić information content (AvgIpc) is 3.36. The Bertz CT molecular complexity index is 767. The van der Waals surface area contributed by atoms with Crippen molar-refractivity contribution in [3.8, 4) is 11.4 Å². The number of halogens is 1. The minimum Gasteiger partial charge on any atom is -0.377 e.